The van der Waals surface area contributed by atoms with Crippen molar-refractivity contribution in [3.05, 3.63) is 221 Å². The maximum absolute atomic E-state index is 2.70. The molecule has 3 heterocycles. The smallest absolute Gasteiger partial charge is 0.252 e. The normalized spacial score (nSPS) is 16.7. The van der Waals surface area contributed by atoms with Crippen LogP contribution in [-0.2, 0) is 16.2 Å². The molecule has 1 fully saturated rings. The minimum absolute atomic E-state index is 0.0312. The monoisotopic (exact) mass is 973 g/mol. The first kappa shape index (κ1) is 45.8. The van der Waals surface area contributed by atoms with E-state index in [4.69, 9.17) is 0 Å². The Morgan fingerprint density at radius 1 is 0.413 bits per heavy atom. The molecular weight excluding hydrogens is 908 g/mol. The quantitative estimate of drug-likeness (QED) is 0.159. The zero-order valence-corrected chi connectivity index (χ0v) is 44.8. The molecule has 9 aromatic rings. The molecule has 3 aliphatic heterocycles. The highest BCUT2D eigenvalue weighted by Crippen LogP contribution is 2.64. The second-order valence-corrected chi connectivity index (χ2v) is 24.2. The lowest BCUT2D eigenvalue weighted by Gasteiger charge is -2.46. The van der Waals surface area contributed by atoms with Crippen molar-refractivity contribution >= 4 is 68.6 Å². The number of para-hydroxylation sites is 1. The van der Waals surface area contributed by atoms with Crippen LogP contribution in [0.4, 0.5) is 45.5 Å². The van der Waals surface area contributed by atoms with Gasteiger partial charge in [-0.2, -0.15) is 0 Å². The fourth-order valence-corrected chi connectivity index (χ4v) is 13.9. The second-order valence-electron chi connectivity index (χ2n) is 24.2. The lowest BCUT2D eigenvalue weighted by atomic mass is 9.33. The van der Waals surface area contributed by atoms with E-state index in [9.17, 15) is 0 Å². The fourth-order valence-electron chi connectivity index (χ4n) is 13.9. The summed E-state index contributed by atoms with van der Waals surface area (Å²) < 4.78 is 0. The van der Waals surface area contributed by atoms with E-state index >= 15 is 0 Å². The predicted octanol–water partition coefficient (Wildman–Crippen LogP) is 15.4. The first-order valence-corrected chi connectivity index (χ1v) is 27.4. The van der Waals surface area contributed by atoms with Gasteiger partial charge in [0.25, 0.3) is 6.71 Å². The number of anilines is 8. The standard InChI is InChI=1S/C70H65BN4/c1-68(2,3)46-29-32-48(33-30-46)74-63-36-31-47(69(4,5)6)39-60(63)71-61-43-55-53-25-14-17-27-57(53)70(56-26-16-13-24-52(56)54-35-34-49(72(7)8)40-58(54)70)59(55)44-64(61)75(62-28-18-15-23-51(62)45-21-11-9-12-22-45)66-42-50(41-65(74)67(66)71)73-37-19-10-20-38-73/h9,11-18,21-36,39-44H,10,19-20,37-38H2,1-8H3/t70-/m1/s1. The van der Waals surface area contributed by atoms with Crippen LogP contribution in [0.25, 0.3) is 33.4 Å². The fraction of sp³-hybridized carbons (Fsp3) is 0.229. The van der Waals surface area contributed by atoms with Gasteiger partial charge in [-0.1, -0.05) is 175 Å². The summed E-state index contributed by atoms with van der Waals surface area (Å²) in [4.78, 5) is 10.3. The summed E-state index contributed by atoms with van der Waals surface area (Å²) in [5, 5.41) is 0. The van der Waals surface area contributed by atoms with Crippen LogP contribution >= 0.6 is 0 Å². The third-order valence-corrected chi connectivity index (χ3v) is 17.6. The molecule has 0 saturated carbocycles. The lowest BCUT2D eigenvalue weighted by Crippen LogP contribution is -2.61. The molecule has 368 valence electrons. The van der Waals surface area contributed by atoms with Crippen molar-refractivity contribution in [2.24, 2.45) is 0 Å². The first-order valence-electron chi connectivity index (χ1n) is 27.4. The van der Waals surface area contributed by atoms with Gasteiger partial charge in [0.1, 0.15) is 0 Å². The van der Waals surface area contributed by atoms with Crippen molar-refractivity contribution in [3.8, 4) is 33.4 Å². The molecule has 5 heteroatoms. The SMILES string of the molecule is CN(C)c1ccc2c(c1)[C@@]1(c3ccccc3-2)c2ccccc2-c2cc3c(cc21)N(c1ccccc1-c1ccccc1)c1cc(N2CCCCC2)cc2c1B3c1cc(C(C)(C)C)ccc1N2c1ccc(C(C)(C)C)cc1. The van der Waals surface area contributed by atoms with Crippen LogP contribution in [-0.4, -0.2) is 33.9 Å². The molecule has 0 bridgehead atoms. The largest absolute Gasteiger partial charge is 0.378 e. The van der Waals surface area contributed by atoms with Gasteiger partial charge < -0.3 is 19.6 Å². The molecule has 1 saturated heterocycles. The summed E-state index contributed by atoms with van der Waals surface area (Å²) in [6.07, 6.45) is 3.66. The maximum Gasteiger partial charge on any atom is 0.252 e. The van der Waals surface area contributed by atoms with E-state index in [2.05, 4.69) is 263 Å². The Labute approximate surface area is 445 Å². The molecule has 2 aliphatic carbocycles. The van der Waals surface area contributed by atoms with Crippen LogP contribution in [0, 0.1) is 0 Å². The summed E-state index contributed by atoms with van der Waals surface area (Å²) in [6.45, 7) is 16.1. The Morgan fingerprint density at radius 3 is 1.67 bits per heavy atom. The highest BCUT2D eigenvalue weighted by atomic mass is 15.2. The first-order chi connectivity index (χ1) is 36.3. The van der Waals surface area contributed by atoms with Crippen molar-refractivity contribution in [3.63, 3.8) is 0 Å². The van der Waals surface area contributed by atoms with E-state index in [1.807, 2.05) is 0 Å². The van der Waals surface area contributed by atoms with E-state index < -0.39 is 5.41 Å². The number of rotatable bonds is 5. The summed E-state index contributed by atoms with van der Waals surface area (Å²) in [6, 6.07) is 73.4. The van der Waals surface area contributed by atoms with Crippen molar-refractivity contribution in [2.45, 2.75) is 77.0 Å². The van der Waals surface area contributed by atoms with E-state index in [-0.39, 0.29) is 17.5 Å². The van der Waals surface area contributed by atoms with Crippen LogP contribution < -0.4 is 36.0 Å². The molecule has 0 unspecified atom stereocenters. The zero-order valence-electron chi connectivity index (χ0n) is 44.8. The Kier molecular flexibility index (Phi) is 10.2. The minimum atomic E-state index is -0.537. The number of fused-ring (bicyclic) bond motifs is 14. The molecule has 14 rings (SSSR count). The molecule has 0 amide bonds. The Balaban J connectivity index is 1.14. The highest BCUT2D eigenvalue weighted by molar-refractivity contribution is 7.00. The molecular formula is C70H65BN4. The van der Waals surface area contributed by atoms with Crippen LogP contribution in [0.3, 0.4) is 0 Å². The molecule has 4 nitrogen and oxygen atoms in total. The number of nitrogens with zero attached hydrogens (tertiary/aromatic N) is 4. The van der Waals surface area contributed by atoms with Gasteiger partial charge in [-0.15, -0.1) is 0 Å². The van der Waals surface area contributed by atoms with E-state index in [1.54, 1.807) is 0 Å². The number of benzene rings is 9. The molecule has 9 aromatic carbocycles. The Hall–Kier alpha value is -7.76. The summed E-state index contributed by atoms with van der Waals surface area (Å²) in [7, 11) is 4.34. The molecule has 0 radical (unpaired) electrons. The molecule has 5 aliphatic rings. The average Bonchev–Trinajstić information content (AvgIpc) is 3.91. The van der Waals surface area contributed by atoms with Crippen molar-refractivity contribution in [1.29, 1.82) is 0 Å². The third-order valence-electron chi connectivity index (χ3n) is 17.6. The topological polar surface area (TPSA) is 13.0 Å². The average molecular weight is 973 g/mol. The van der Waals surface area contributed by atoms with Gasteiger partial charge in [0.15, 0.2) is 0 Å². The number of hydrogen-bond acceptors (Lipinski definition) is 4. The second kappa shape index (κ2) is 16.6. The van der Waals surface area contributed by atoms with Gasteiger partial charge in [0.2, 0.25) is 0 Å². The Bertz CT molecular complexity index is 3780. The summed E-state index contributed by atoms with van der Waals surface area (Å²) in [5.74, 6) is 0. The Morgan fingerprint density at radius 2 is 0.987 bits per heavy atom. The van der Waals surface area contributed by atoms with Gasteiger partial charge in [-0.25, -0.2) is 0 Å². The van der Waals surface area contributed by atoms with Crippen LogP contribution in [0.1, 0.15) is 94.2 Å². The molecule has 1 spiro atoms. The van der Waals surface area contributed by atoms with Crippen LogP contribution in [0.15, 0.2) is 188 Å². The van der Waals surface area contributed by atoms with Crippen molar-refractivity contribution in [1.82, 2.24) is 0 Å². The van der Waals surface area contributed by atoms with E-state index in [0.29, 0.717) is 0 Å². The van der Waals surface area contributed by atoms with Crippen molar-refractivity contribution < 1.29 is 0 Å². The van der Waals surface area contributed by atoms with Gasteiger partial charge in [-0.05, 0) is 162 Å². The number of piperidine rings is 1. The zero-order chi connectivity index (χ0) is 51.1. The number of hydrogen-bond donors (Lipinski definition) is 0. The van der Waals surface area contributed by atoms with Crippen LogP contribution in [0.2, 0.25) is 0 Å². The molecule has 0 aromatic heterocycles. The summed E-state index contributed by atoms with van der Waals surface area (Å²) in [5.41, 5.74) is 29.2. The van der Waals surface area contributed by atoms with Crippen LogP contribution in [0.5, 0.6) is 0 Å². The predicted molar refractivity (Wildman–Crippen MR) is 320 cm³/mol. The summed E-state index contributed by atoms with van der Waals surface area (Å²) >= 11 is 0. The molecule has 1 atom stereocenters. The van der Waals surface area contributed by atoms with Gasteiger partial charge in [-0.3, -0.25) is 0 Å². The maximum atomic E-state index is 2.70. The molecule has 0 N–H and O–H groups in total. The van der Waals surface area contributed by atoms with Gasteiger partial charge >= 0.3 is 0 Å². The lowest BCUT2D eigenvalue weighted by molar-refractivity contribution is 0.578. The minimum Gasteiger partial charge on any atom is -0.378 e. The van der Waals surface area contributed by atoms with Gasteiger partial charge in [0, 0.05) is 72.6 Å². The molecule has 75 heavy (non-hydrogen) atoms. The highest BCUT2D eigenvalue weighted by Gasteiger charge is 2.54. The third kappa shape index (κ3) is 6.75. The van der Waals surface area contributed by atoms with Crippen molar-refractivity contribution in [2.75, 3.05) is 46.8 Å². The van der Waals surface area contributed by atoms with Gasteiger partial charge in [0.05, 0.1) is 11.1 Å². The van der Waals surface area contributed by atoms with E-state index in [1.165, 1.54) is 148 Å². The van der Waals surface area contributed by atoms with E-state index in [0.717, 1.165) is 13.1 Å².